The second kappa shape index (κ2) is 9.85. The molecule has 0 saturated carbocycles. The van der Waals surface area contributed by atoms with Gasteiger partial charge in [0.15, 0.2) is 11.2 Å². The molecule has 0 aliphatic carbocycles. The molecular formula is C26H32N4O4. The monoisotopic (exact) mass is 464 g/mol. The summed E-state index contributed by atoms with van der Waals surface area (Å²) in [5.74, 6) is 1.13. The SMILES string of the molecule is CC(C)Cn1cnc2c1c(=O)n(C[C@@H](O)COc1cccc3ccccc13)c(=O)n2CC(C)C. The predicted molar refractivity (Wildman–Crippen MR) is 133 cm³/mol. The van der Waals surface area contributed by atoms with E-state index in [1.807, 2.05) is 56.3 Å². The molecule has 8 nitrogen and oxygen atoms in total. The molecule has 0 saturated heterocycles. The Hall–Kier alpha value is -3.39. The van der Waals surface area contributed by atoms with Gasteiger partial charge in [-0.15, -0.1) is 0 Å². The van der Waals surface area contributed by atoms with Gasteiger partial charge in [-0.1, -0.05) is 64.1 Å². The maximum atomic E-state index is 13.4. The number of aliphatic hydroxyl groups is 1. The van der Waals surface area contributed by atoms with Crippen LogP contribution >= 0.6 is 0 Å². The van der Waals surface area contributed by atoms with E-state index in [2.05, 4.69) is 18.8 Å². The number of rotatable bonds is 9. The Bertz CT molecular complexity index is 1410. The van der Waals surface area contributed by atoms with E-state index in [1.165, 1.54) is 4.57 Å². The fraction of sp³-hybridized carbons (Fsp3) is 0.423. The summed E-state index contributed by atoms with van der Waals surface area (Å²) in [6.45, 7) is 8.95. The smallest absolute Gasteiger partial charge is 0.332 e. The van der Waals surface area contributed by atoms with Crippen LogP contribution in [0.15, 0.2) is 58.4 Å². The number of fused-ring (bicyclic) bond motifs is 2. The summed E-state index contributed by atoms with van der Waals surface area (Å²) in [5.41, 5.74) is -0.134. The van der Waals surface area contributed by atoms with E-state index in [9.17, 15) is 14.7 Å². The molecule has 2 heterocycles. The number of nitrogens with zero attached hydrogens (tertiary/aromatic N) is 4. The predicted octanol–water partition coefficient (Wildman–Crippen LogP) is 3.26. The number of hydrogen-bond donors (Lipinski definition) is 1. The van der Waals surface area contributed by atoms with Crippen LogP contribution in [0.25, 0.3) is 21.9 Å². The van der Waals surface area contributed by atoms with Gasteiger partial charge >= 0.3 is 5.69 Å². The summed E-state index contributed by atoms with van der Waals surface area (Å²) in [6.07, 6.45) is 0.572. The van der Waals surface area contributed by atoms with Crippen molar-refractivity contribution in [2.24, 2.45) is 11.8 Å². The first-order valence-corrected chi connectivity index (χ1v) is 11.7. The van der Waals surface area contributed by atoms with Crippen molar-refractivity contribution in [3.63, 3.8) is 0 Å². The van der Waals surface area contributed by atoms with E-state index in [1.54, 1.807) is 10.9 Å². The van der Waals surface area contributed by atoms with Gasteiger partial charge in [0, 0.05) is 18.5 Å². The molecule has 34 heavy (non-hydrogen) atoms. The molecule has 0 aliphatic heterocycles. The molecule has 4 aromatic rings. The molecule has 1 N–H and O–H groups in total. The molecule has 2 aromatic carbocycles. The Morgan fingerprint density at radius 1 is 0.912 bits per heavy atom. The van der Waals surface area contributed by atoms with Crippen molar-refractivity contribution in [2.75, 3.05) is 6.61 Å². The number of benzene rings is 2. The lowest BCUT2D eigenvalue weighted by atomic mass is 10.1. The molecule has 2 aromatic heterocycles. The Kier molecular flexibility index (Phi) is 6.88. The summed E-state index contributed by atoms with van der Waals surface area (Å²) in [4.78, 5) is 31.0. The fourth-order valence-electron chi connectivity index (χ4n) is 4.23. The van der Waals surface area contributed by atoms with Gasteiger partial charge < -0.3 is 14.4 Å². The molecule has 0 spiro atoms. The van der Waals surface area contributed by atoms with E-state index in [0.717, 1.165) is 15.3 Å². The van der Waals surface area contributed by atoms with Crippen LogP contribution < -0.4 is 16.0 Å². The normalized spacial score (nSPS) is 12.8. The second-order valence-corrected chi connectivity index (χ2v) is 9.61. The highest BCUT2D eigenvalue weighted by molar-refractivity contribution is 5.88. The quantitative estimate of drug-likeness (QED) is 0.411. The van der Waals surface area contributed by atoms with Gasteiger partial charge in [-0.25, -0.2) is 9.78 Å². The molecule has 0 radical (unpaired) electrons. The average Bonchev–Trinajstić information content (AvgIpc) is 3.20. The van der Waals surface area contributed by atoms with Crippen molar-refractivity contribution in [3.8, 4) is 5.75 Å². The number of ether oxygens (including phenoxy) is 1. The first kappa shape index (κ1) is 23.8. The summed E-state index contributed by atoms with van der Waals surface area (Å²) in [7, 11) is 0. The summed E-state index contributed by atoms with van der Waals surface area (Å²) in [5, 5.41) is 12.7. The molecule has 8 heteroatoms. The maximum absolute atomic E-state index is 13.4. The van der Waals surface area contributed by atoms with Crippen molar-refractivity contribution < 1.29 is 9.84 Å². The zero-order chi connectivity index (χ0) is 24.4. The molecule has 0 bridgehead atoms. The fourth-order valence-corrected chi connectivity index (χ4v) is 4.23. The minimum atomic E-state index is -1.05. The Morgan fingerprint density at radius 3 is 2.35 bits per heavy atom. The van der Waals surface area contributed by atoms with Crippen LogP contribution in [-0.2, 0) is 19.6 Å². The first-order valence-electron chi connectivity index (χ1n) is 11.7. The number of hydrogen-bond acceptors (Lipinski definition) is 5. The van der Waals surface area contributed by atoms with Crippen LogP contribution in [0, 0.1) is 11.8 Å². The number of aliphatic hydroxyl groups excluding tert-OH is 1. The topological polar surface area (TPSA) is 91.3 Å². The minimum Gasteiger partial charge on any atom is -0.490 e. The molecule has 4 rings (SSSR count). The van der Waals surface area contributed by atoms with Crippen LogP contribution in [0.5, 0.6) is 5.75 Å². The van der Waals surface area contributed by atoms with Gasteiger partial charge in [0.1, 0.15) is 18.5 Å². The molecule has 180 valence electrons. The molecule has 0 fully saturated rings. The standard InChI is InChI=1S/C26H32N4O4/c1-17(2)12-28-16-27-24-23(28)25(32)30(26(33)29(24)13-18(3)4)14-20(31)15-34-22-11-7-9-19-8-5-6-10-21(19)22/h5-11,16-18,20,31H,12-15H2,1-4H3/t20-/m1/s1. The van der Waals surface area contributed by atoms with Crippen LogP contribution in [0.4, 0.5) is 0 Å². The van der Waals surface area contributed by atoms with Gasteiger partial charge in [-0.2, -0.15) is 0 Å². The van der Waals surface area contributed by atoms with Crippen molar-refractivity contribution in [2.45, 2.75) is 53.4 Å². The van der Waals surface area contributed by atoms with Crippen LogP contribution in [-0.4, -0.2) is 36.5 Å². The van der Waals surface area contributed by atoms with Crippen molar-refractivity contribution in [1.82, 2.24) is 18.7 Å². The van der Waals surface area contributed by atoms with Crippen molar-refractivity contribution >= 4 is 21.9 Å². The van der Waals surface area contributed by atoms with E-state index in [0.29, 0.717) is 35.9 Å². The van der Waals surface area contributed by atoms with E-state index < -0.39 is 17.4 Å². The summed E-state index contributed by atoms with van der Waals surface area (Å²) < 4.78 is 10.3. The molecule has 0 amide bonds. The van der Waals surface area contributed by atoms with E-state index in [-0.39, 0.29) is 19.1 Å². The maximum Gasteiger partial charge on any atom is 0.332 e. The lowest BCUT2D eigenvalue weighted by Gasteiger charge is -2.17. The van der Waals surface area contributed by atoms with Gasteiger partial charge in [0.05, 0.1) is 12.9 Å². The zero-order valence-corrected chi connectivity index (χ0v) is 20.1. The highest BCUT2D eigenvalue weighted by Gasteiger charge is 2.21. The zero-order valence-electron chi connectivity index (χ0n) is 20.1. The minimum absolute atomic E-state index is 0.0483. The van der Waals surface area contributed by atoms with Gasteiger partial charge in [0.25, 0.3) is 5.56 Å². The largest absolute Gasteiger partial charge is 0.490 e. The highest BCUT2D eigenvalue weighted by atomic mass is 16.5. The third-order valence-corrected chi connectivity index (χ3v) is 5.67. The Balaban J connectivity index is 1.66. The van der Waals surface area contributed by atoms with Crippen molar-refractivity contribution in [3.05, 3.63) is 69.6 Å². The Morgan fingerprint density at radius 2 is 1.62 bits per heavy atom. The van der Waals surface area contributed by atoms with Gasteiger partial charge in [-0.3, -0.25) is 13.9 Å². The van der Waals surface area contributed by atoms with Gasteiger partial charge in [0.2, 0.25) is 0 Å². The molecule has 0 aliphatic rings. The molecule has 1 atom stereocenters. The lowest BCUT2D eigenvalue weighted by Crippen LogP contribution is -2.44. The van der Waals surface area contributed by atoms with Gasteiger partial charge in [-0.05, 0) is 23.3 Å². The average molecular weight is 465 g/mol. The summed E-state index contributed by atoms with van der Waals surface area (Å²) in [6, 6.07) is 13.6. The van der Waals surface area contributed by atoms with Crippen LogP contribution in [0.2, 0.25) is 0 Å². The lowest BCUT2D eigenvalue weighted by molar-refractivity contribution is 0.0908. The first-order chi connectivity index (χ1) is 16.3. The highest BCUT2D eigenvalue weighted by Crippen LogP contribution is 2.25. The van der Waals surface area contributed by atoms with E-state index in [4.69, 9.17) is 4.74 Å². The van der Waals surface area contributed by atoms with Crippen molar-refractivity contribution in [1.29, 1.82) is 0 Å². The van der Waals surface area contributed by atoms with Crippen LogP contribution in [0.1, 0.15) is 27.7 Å². The number of aromatic nitrogens is 4. The summed E-state index contributed by atoms with van der Waals surface area (Å²) >= 11 is 0. The third-order valence-electron chi connectivity index (χ3n) is 5.67. The van der Waals surface area contributed by atoms with E-state index >= 15 is 0 Å². The number of imidazole rings is 1. The second-order valence-electron chi connectivity index (χ2n) is 9.61. The Labute approximate surface area is 198 Å². The molecular weight excluding hydrogens is 432 g/mol. The third kappa shape index (κ3) is 4.77. The molecule has 0 unspecified atom stereocenters. The van der Waals surface area contributed by atoms with Crippen LogP contribution in [0.3, 0.4) is 0 Å².